The van der Waals surface area contributed by atoms with E-state index in [1.54, 1.807) is 26.0 Å². The summed E-state index contributed by atoms with van der Waals surface area (Å²) in [4.78, 5) is 0.173. The summed E-state index contributed by atoms with van der Waals surface area (Å²) in [6, 6.07) is 6.21. The highest BCUT2D eigenvalue weighted by atomic mass is 79.9. The Morgan fingerprint density at radius 1 is 1.21 bits per heavy atom. The molecule has 2 aromatic rings. The molecule has 0 saturated carbocycles. The van der Waals surface area contributed by atoms with E-state index in [-0.39, 0.29) is 4.90 Å². The van der Waals surface area contributed by atoms with Gasteiger partial charge >= 0.3 is 0 Å². The summed E-state index contributed by atoms with van der Waals surface area (Å²) in [5.41, 5.74) is 1.18. The quantitative estimate of drug-likeness (QED) is 0.858. The molecule has 1 heterocycles. The minimum atomic E-state index is -3.68. The normalized spacial score (nSPS) is 11.6. The third kappa shape index (κ3) is 2.40. The molecule has 0 aliphatic carbocycles. The Labute approximate surface area is 120 Å². The molecule has 19 heavy (non-hydrogen) atoms. The highest BCUT2D eigenvalue weighted by molar-refractivity contribution is 9.10. The first-order valence-corrected chi connectivity index (χ1v) is 7.72. The topological polar surface area (TPSA) is 61.2 Å². The smallest absolute Gasteiger partial charge is 0.283 e. The Morgan fingerprint density at radius 2 is 1.79 bits per heavy atom. The van der Waals surface area contributed by atoms with Gasteiger partial charge < -0.3 is 4.74 Å². The SMILES string of the molecule is COc1ccc(S(=O)(=O)n2nc(C)c(Br)c2C)cc1. The molecular weight excluding hydrogens is 332 g/mol. The summed E-state index contributed by atoms with van der Waals surface area (Å²) in [6.45, 7) is 3.45. The summed E-state index contributed by atoms with van der Waals surface area (Å²) in [7, 11) is -2.15. The largest absolute Gasteiger partial charge is 0.497 e. The van der Waals surface area contributed by atoms with E-state index in [0.717, 1.165) is 4.09 Å². The minimum absolute atomic E-state index is 0.173. The molecule has 1 aromatic carbocycles. The lowest BCUT2D eigenvalue weighted by Gasteiger charge is -2.07. The molecule has 0 unspecified atom stereocenters. The Balaban J connectivity index is 2.55. The van der Waals surface area contributed by atoms with E-state index >= 15 is 0 Å². The van der Waals surface area contributed by atoms with E-state index in [4.69, 9.17) is 4.74 Å². The third-order valence-corrected chi connectivity index (χ3v) is 5.57. The lowest BCUT2D eigenvalue weighted by atomic mass is 10.3. The van der Waals surface area contributed by atoms with Gasteiger partial charge in [0.15, 0.2) is 0 Å². The van der Waals surface area contributed by atoms with E-state index < -0.39 is 10.0 Å². The Bertz CT molecular complexity index is 705. The van der Waals surface area contributed by atoms with E-state index in [1.807, 2.05) is 0 Å². The van der Waals surface area contributed by atoms with Gasteiger partial charge in [0.2, 0.25) is 0 Å². The predicted molar refractivity (Wildman–Crippen MR) is 75.0 cm³/mol. The van der Waals surface area contributed by atoms with Crippen LogP contribution in [0.1, 0.15) is 11.4 Å². The van der Waals surface area contributed by atoms with Crippen LogP contribution >= 0.6 is 15.9 Å². The number of aryl methyl sites for hydroxylation is 1. The van der Waals surface area contributed by atoms with E-state index in [0.29, 0.717) is 21.6 Å². The average Bonchev–Trinajstić information content (AvgIpc) is 2.67. The molecule has 2 rings (SSSR count). The van der Waals surface area contributed by atoms with Crippen LogP contribution in [0.5, 0.6) is 5.75 Å². The van der Waals surface area contributed by atoms with Crippen LogP contribution in [0.25, 0.3) is 0 Å². The number of hydrogen-bond donors (Lipinski definition) is 0. The lowest BCUT2D eigenvalue weighted by Crippen LogP contribution is -2.16. The molecule has 1 aromatic heterocycles. The van der Waals surface area contributed by atoms with Crippen molar-refractivity contribution in [2.24, 2.45) is 0 Å². The van der Waals surface area contributed by atoms with Gasteiger partial charge in [-0.05, 0) is 54.0 Å². The fraction of sp³-hybridized carbons (Fsp3) is 0.250. The predicted octanol–water partition coefficient (Wildman–Crippen LogP) is 2.51. The van der Waals surface area contributed by atoms with Crippen LogP contribution in [-0.2, 0) is 10.0 Å². The van der Waals surface area contributed by atoms with E-state index in [2.05, 4.69) is 21.0 Å². The molecule has 102 valence electrons. The summed E-state index contributed by atoms with van der Waals surface area (Å²) in [5, 5.41) is 4.05. The van der Waals surface area contributed by atoms with Crippen molar-refractivity contribution < 1.29 is 13.2 Å². The van der Waals surface area contributed by atoms with Gasteiger partial charge in [-0.2, -0.15) is 17.6 Å². The average molecular weight is 345 g/mol. The van der Waals surface area contributed by atoms with Gasteiger partial charge in [0, 0.05) is 0 Å². The standard InChI is InChI=1S/C12H13BrN2O3S/c1-8-12(13)9(2)15(14-8)19(16,17)11-6-4-10(18-3)5-7-11/h4-7H,1-3H3. The summed E-state index contributed by atoms with van der Waals surface area (Å²) < 4.78 is 31.7. The number of benzene rings is 1. The first kappa shape index (κ1) is 14.1. The molecule has 0 N–H and O–H groups in total. The molecule has 0 aliphatic rings. The van der Waals surface area contributed by atoms with Crippen molar-refractivity contribution in [3.05, 3.63) is 40.1 Å². The first-order valence-electron chi connectivity index (χ1n) is 5.49. The van der Waals surface area contributed by atoms with Crippen molar-refractivity contribution in [2.75, 3.05) is 7.11 Å². The second kappa shape index (κ2) is 4.97. The van der Waals surface area contributed by atoms with E-state index in [9.17, 15) is 8.42 Å². The maximum atomic E-state index is 12.5. The Morgan fingerprint density at radius 3 is 2.21 bits per heavy atom. The second-order valence-electron chi connectivity index (χ2n) is 4.01. The monoisotopic (exact) mass is 344 g/mol. The van der Waals surface area contributed by atoms with E-state index in [1.165, 1.54) is 19.2 Å². The molecule has 0 aliphatic heterocycles. The molecule has 0 fully saturated rings. The van der Waals surface area contributed by atoms with Crippen LogP contribution in [0.15, 0.2) is 33.6 Å². The zero-order valence-corrected chi connectivity index (χ0v) is 13.1. The van der Waals surface area contributed by atoms with Crippen LogP contribution < -0.4 is 4.74 Å². The van der Waals surface area contributed by atoms with Crippen LogP contribution in [-0.4, -0.2) is 24.7 Å². The van der Waals surface area contributed by atoms with Crippen molar-refractivity contribution in [3.8, 4) is 5.75 Å². The van der Waals surface area contributed by atoms with Gasteiger partial charge in [-0.1, -0.05) is 0 Å². The van der Waals surface area contributed by atoms with Crippen LogP contribution in [0, 0.1) is 13.8 Å². The summed E-state index contributed by atoms with van der Waals surface area (Å²) in [5.74, 6) is 0.605. The molecular formula is C12H13BrN2O3S. The van der Waals surface area contributed by atoms with Gasteiger partial charge in [0.25, 0.3) is 10.0 Å². The maximum Gasteiger partial charge on any atom is 0.283 e. The zero-order chi connectivity index (χ0) is 14.2. The number of hydrogen-bond acceptors (Lipinski definition) is 4. The third-order valence-electron chi connectivity index (χ3n) is 2.75. The van der Waals surface area contributed by atoms with Gasteiger partial charge in [-0.25, -0.2) is 0 Å². The number of rotatable bonds is 3. The van der Waals surface area contributed by atoms with Crippen molar-refractivity contribution in [3.63, 3.8) is 0 Å². The fourth-order valence-electron chi connectivity index (χ4n) is 1.68. The van der Waals surface area contributed by atoms with Crippen molar-refractivity contribution in [2.45, 2.75) is 18.7 Å². The lowest BCUT2D eigenvalue weighted by molar-refractivity contribution is 0.414. The highest BCUT2D eigenvalue weighted by Crippen LogP contribution is 2.24. The molecule has 0 bridgehead atoms. The van der Waals surface area contributed by atoms with Gasteiger partial charge in [-0.15, -0.1) is 0 Å². The molecule has 0 spiro atoms. The first-order chi connectivity index (χ1) is 8.87. The zero-order valence-electron chi connectivity index (χ0n) is 10.7. The molecule has 7 heteroatoms. The van der Waals surface area contributed by atoms with Gasteiger partial charge in [-0.3, -0.25) is 0 Å². The molecule has 0 amide bonds. The number of halogens is 1. The molecule has 0 saturated heterocycles. The summed E-state index contributed by atoms with van der Waals surface area (Å²) >= 11 is 3.32. The number of methoxy groups -OCH3 is 1. The summed E-state index contributed by atoms with van der Waals surface area (Å²) in [6.07, 6.45) is 0. The van der Waals surface area contributed by atoms with Crippen molar-refractivity contribution >= 4 is 26.0 Å². The number of ether oxygens (including phenoxy) is 1. The van der Waals surface area contributed by atoms with Crippen molar-refractivity contribution in [1.29, 1.82) is 0 Å². The maximum absolute atomic E-state index is 12.5. The van der Waals surface area contributed by atoms with Crippen molar-refractivity contribution in [1.82, 2.24) is 9.19 Å². The highest BCUT2D eigenvalue weighted by Gasteiger charge is 2.22. The van der Waals surface area contributed by atoms with Gasteiger partial charge in [0.05, 0.1) is 27.9 Å². The van der Waals surface area contributed by atoms with Crippen LogP contribution in [0.4, 0.5) is 0 Å². The number of aromatic nitrogens is 2. The number of nitrogens with zero attached hydrogens (tertiary/aromatic N) is 2. The van der Waals surface area contributed by atoms with Crippen LogP contribution in [0.2, 0.25) is 0 Å². The fourth-order valence-corrected chi connectivity index (χ4v) is 3.41. The second-order valence-corrected chi connectivity index (χ2v) is 6.57. The molecule has 0 radical (unpaired) electrons. The Hall–Kier alpha value is -1.34. The minimum Gasteiger partial charge on any atom is -0.497 e. The Kier molecular flexibility index (Phi) is 3.69. The molecule has 0 atom stereocenters. The van der Waals surface area contributed by atoms with Gasteiger partial charge in [0.1, 0.15) is 5.75 Å². The molecule has 5 nitrogen and oxygen atoms in total. The van der Waals surface area contributed by atoms with Crippen LogP contribution in [0.3, 0.4) is 0 Å².